The first-order valence-electron chi connectivity index (χ1n) is 30.1. The molecule has 0 aliphatic carbocycles. The molecule has 0 unspecified atom stereocenters. The Morgan fingerprint density at radius 1 is 0.296 bits per heavy atom. The molecule has 0 aromatic carbocycles. The van der Waals surface area contributed by atoms with Gasteiger partial charge >= 0.3 is 17.9 Å². The molecule has 6 nitrogen and oxygen atoms in total. The second-order valence-electron chi connectivity index (χ2n) is 19.9. The van der Waals surface area contributed by atoms with Gasteiger partial charge in [0.1, 0.15) is 13.2 Å². The molecule has 71 heavy (non-hydrogen) atoms. The summed E-state index contributed by atoms with van der Waals surface area (Å²) in [6.45, 7) is 6.48. The van der Waals surface area contributed by atoms with Crippen LogP contribution in [0.5, 0.6) is 0 Å². The topological polar surface area (TPSA) is 78.9 Å². The fourth-order valence-corrected chi connectivity index (χ4v) is 8.39. The highest BCUT2D eigenvalue weighted by atomic mass is 16.6. The summed E-state index contributed by atoms with van der Waals surface area (Å²) in [6.07, 6.45) is 77.2. The molecule has 0 bridgehead atoms. The predicted octanol–water partition coefficient (Wildman–Crippen LogP) is 20.3. The first-order valence-corrected chi connectivity index (χ1v) is 30.1. The van der Waals surface area contributed by atoms with Crippen LogP contribution in [-0.2, 0) is 28.6 Å². The first-order chi connectivity index (χ1) is 35.0. The fraction of sp³-hybridized carbons (Fsp3) is 0.738. The number of ether oxygens (including phenoxy) is 3. The minimum atomic E-state index is -0.801. The highest BCUT2D eigenvalue weighted by Crippen LogP contribution is 2.16. The van der Waals surface area contributed by atoms with Gasteiger partial charge in [-0.3, -0.25) is 14.4 Å². The zero-order valence-corrected chi connectivity index (χ0v) is 46.7. The van der Waals surface area contributed by atoms with E-state index in [9.17, 15) is 14.4 Å². The molecule has 0 aliphatic heterocycles. The maximum absolute atomic E-state index is 12.9. The lowest BCUT2D eigenvalue weighted by molar-refractivity contribution is -0.167. The van der Waals surface area contributed by atoms with Crippen LogP contribution in [0.1, 0.15) is 290 Å². The average Bonchev–Trinajstić information content (AvgIpc) is 3.37. The van der Waals surface area contributed by atoms with Gasteiger partial charge in [-0.2, -0.15) is 0 Å². The summed E-state index contributed by atoms with van der Waals surface area (Å²) in [7, 11) is 0. The molecule has 6 heteroatoms. The van der Waals surface area contributed by atoms with Crippen molar-refractivity contribution in [2.24, 2.45) is 0 Å². The normalized spacial score (nSPS) is 12.7. The van der Waals surface area contributed by atoms with Gasteiger partial charge in [0.2, 0.25) is 0 Å². The minimum absolute atomic E-state index is 0.0943. The molecule has 0 saturated carbocycles. The van der Waals surface area contributed by atoms with Crippen molar-refractivity contribution in [1.82, 2.24) is 0 Å². The van der Waals surface area contributed by atoms with Gasteiger partial charge in [-0.25, -0.2) is 0 Å². The summed E-state index contributed by atoms with van der Waals surface area (Å²) in [5, 5.41) is 0. The van der Waals surface area contributed by atoms with Gasteiger partial charge < -0.3 is 14.2 Å². The van der Waals surface area contributed by atoms with Crippen LogP contribution in [0.2, 0.25) is 0 Å². The Morgan fingerprint density at radius 2 is 0.563 bits per heavy atom. The summed E-state index contributed by atoms with van der Waals surface area (Å²) in [4.78, 5) is 38.2. The molecule has 0 saturated heterocycles. The van der Waals surface area contributed by atoms with Crippen LogP contribution in [-0.4, -0.2) is 37.2 Å². The summed E-state index contributed by atoms with van der Waals surface area (Å²) in [6, 6.07) is 0. The summed E-state index contributed by atoms with van der Waals surface area (Å²) < 4.78 is 16.9. The summed E-state index contributed by atoms with van der Waals surface area (Å²) >= 11 is 0. The van der Waals surface area contributed by atoms with Crippen LogP contribution in [0.3, 0.4) is 0 Å². The number of unbranched alkanes of at least 4 members (excludes halogenated alkanes) is 29. The molecule has 408 valence electrons. The van der Waals surface area contributed by atoms with Crippen molar-refractivity contribution in [1.29, 1.82) is 0 Å². The van der Waals surface area contributed by atoms with E-state index in [1.165, 1.54) is 161 Å². The smallest absolute Gasteiger partial charge is 0.306 e. The molecule has 0 heterocycles. The van der Waals surface area contributed by atoms with Crippen molar-refractivity contribution < 1.29 is 28.6 Å². The lowest BCUT2D eigenvalue weighted by Crippen LogP contribution is -2.30. The molecule has 0 aromatic heterocycles. The maximum Gasteiger partial charge on any atom is 0.306 e. The number of hydrogen-bond donors (Lipinski definition) is 0. The largest absolute Gasteiger partial charge is 0.462 e. The van der Waals surface area contributed by atoms with Crippen LogP contribution >= 0.6 is 0 Å². The molecule has 0 rings (SSSR count). The lowest BCUT2D eigenvalue weighted by Gasteiger charge is -2.18. The Bertz CT molecular complexity index is 1370. The average molecular weight is 990 g/mol. The Labute approximate surface area is 439 Å². The van der Waals surface area contributed by atoms with E-state index in [0.717, 1.165) is 83.5 Å². The van der Waals surface area contributed by atoms with Gasteiger partial charge in [0.05, 0.1) is 0 Å². The molecule has 0 fully saturated rings. The fourth-order valence-electron chi connectivity index (χ4n) is 8.39. The van der Waals surface area contributed by atoms with Crippen LogP contribution in [0, 0.1) is 0 Å². The second-order valence-corrected chi connectivity index (χ2v) is 19.9. The predicted molar refractivity (Wildman–Crippen MR) is 307 cm³/mol. The van der Waals surface area contributed by atoms with Crippen LogP contribution < -0.4 is 0 Å². The Morgan fingerprint density at radius 3 is 0.944 bits per heavy atom. The zero-order valence-electron chi connectivity index (χ0n) is 46.7. The van der Waals surface area contributed by atoms with E-state index in [2.05, 4.69) is 106 Å². The van der Waals surface area contributed by atoms with Crippen LogP contribution in [0.4, 0.5) is 0 Å². The van der Waals surface area contributed by atoms with Crippen LogP contribution in [0.25, 0.3) is 0 Å². The Balaban J connectivity index is 4.44. The Kier molecular flexibility index (Phi) is 56.3. The standard InChI is InChI=1S/C65H112O6/c1-4-7-10-13-16-19-22-25-28-31-32-35-37-40-43-46-49-52-55-58-64(67)70-61-62(71-65(68)59-56-53-50-47-44-41-38-34-30-27-24-21-18-15-12-9-6-3)60-69-63(66)57-54-51-48-45-42-39-36-33-29-26-23-20-17-14-11-8-5-2/h8,11,16-17,19-20,25-26,28-29,36,39,45,48,62H,4-7,9-10,12-15,18,21-24,27,30-35,37-38,40-44,46-47,49-61H2,1-3H3/b11-8-,19-16-,20-17-,28-25-,29-26-,39-36-,48-45-/t62-/m1/s1. The third-order valence-electron chi connectivity index (χ3n) is 12.9. The van der Waals surface area contributed by atoms with Crippen molar-refractivity contribution in [3.8, 4) is 0 Å². The molecular formula is C65H112O6. The van der Waals surface area contributed by atoms with E-state index in [-0.39, 0.29) is 37.5 Å². The van der Waals surface area contributed by atoms with Gasteiger partial charge in [-0.1, -0.05) is 266 Å². The van der Waals surface area contributed by atoms with E-state index in [1.54, 1.807) is 0 Å². The molecule has 0 spiro atoms. The monoisotopic (exact) mass is 989 g/mol. The quantitative estimate of drug-likeness (QED) is 0.0261. The van der Waals surface area contributed by atoms with Crippen molar-refractivity contribution >= 4 is 17.9 Å². The number of hydrogen-bond acceptors (Lipinski definition) is 6. The third kappa shape index (κ3) is 57.4. The number of esters is 3. The SMILES string of the molecule is CC/C=C\C/C=C\C/C=C\C/C=C\C/C=C\CCCC(=O)OC[C@H](COC(=O)CCCCCCCCCCC/C=C\C/C=C\CCCCC)OC(=O)CCCCCCCCCCCCCCCCCCC. The van der Waals surface area contributed by atoms with Crippen molar-refractivity contribution in [3.63, 3.8) is 0 Å². The van der Waals surface area contributed by atoms with E-state index in [1.807, 2.05) is 0 Å². The van der Waals surface area contributed by atoms with Gasteiger partial charge in [0.25, 0.3) is 0 Å². The Hall–Kier alpha value is -3.41. The van der Waals surface area contributed by atoms with Gasteiger partial charge in [0.15, 0.2) is 6.10 Å². The lowest BCUT2D eigenvalue weighted by atomic mass is 10.0. The van der Waals surface area contributed by atoms with Gasteiger partial charge in [0, 0.05) is 19.3 Å². The molecule has 1 atom stereocenters. The number of carbonyl (C=O) groups excluding carboxylic acids is 3. The molecule has 0 aliphatic rings. The van der Waals surface area contributed by atoms with Gasteiger partial charge in [-0.15, -0.1) is 0 Å². The van der Waals surface area contributed by atoms with E-state index in [4.69, 9.17) is 14.2 Å². The molecule has 0 radical (unpaired) electrons. The highest BCUT2D eigenvalue weighted by Gasteiger charge is 2.19. The van der Waals surface area contributed by atoms with E-state index >= 15 is 0 Å². The highest BCUT2D eigenvalue weighted by molar-refractivity contribution is 5.71. The van der Waals surface area contributed by atoms with E-state index in [0.29, 0.717) is 19.3 Å². The molecule has 0 amide bonds. The molecule has 0 N–H and O–H groups in total. The van der Waals surface area contributed by atoms with Crippen molar-refractivity contribution in [3.05, 3.63) is 85.1 Å². The van der Waals surface area contributed by atoms with Crippen molar-refractivity contribution in [2.75, 3.05) is 13.2 Å². The third-order valence-corrected chi connectivity index (χ3v) is 12.9. The molecular weight excluding hydrogens is 877 g/mol. The molecule has 0 aromatic rings. The summed E-state index contributed by atoms with van der Waals surface area (Å²) in [5.74, 6) is -0.948. The van der Waals surface area contributed by atoms with Crippen LogP contribution in [0.15, 0.2) is 85.1 Å². The number of allylic oxidation sites excluding steroid dienone is 14. The van der Waals surface area contributed by atoms with Gasteiger partial charge in [-0.05, 0) is 89.9 Å². The number of carbonyl (C=O) groups is 3. The van der Waals surface area contributed by atoms with E-state index < -0.39 is 6.10 Å². The summed E-state index contributed by atoms with van der Waals surface area (Å²) in [5.41, 5.74) is 0. The second kappa shape index (κ2) is 59.2. The number of rotatable bonds is 54. The van der Waals surface area contributed by atoms with Crippen molar-refractivity contribution in [2.45, 2.75) is 297 Å². The maximum atomic E-state index is 12.9. The zero-order chi connectivity index (χ0) is 51.4. The minimum Gasteiger partial charge on any atom is -0.462 e. The first kappa shape index (κ1) is 67.6.